The van der Waals surface area contributed by atoms with E-state index in [0.29, 0.717) is 19.5 Å². The molecule has 1 unspecified atom stereocenters. The lowest BCUT2D eigenvalue weighted by molar-refractivity contribution is -0.136. The monoisotopic (exact) mass is 221 g/mol. The number of aliphatic carboxylic acids is 1. The summed E-state index contributed by atoms with van der Waals surface area (Å²) in [6.07, 6.45) is 1.46. The van der Waals surface area contributed by atoms with Gasteiger partial charge in [-0.3, -0.25) is 4.79 Å². The van der Waals surface area contributed by atoms with Crippen molar-refractivity contribution in [1.29, 1.82) is 0 Å². The molecule has 1 saturated heterocycles. The third-order valence-corrected chi connectivity index (χ3v) is 4.63. The van der Waals surface area contributed by atoms with Crippen molar-refractivity contribution in [2.75, 3.05) is 18.8 Å². The van der Waals surface area contributed by atoms with Crippen molar-refractivity contribution in [2.45, 2.75) is 24.5 Å². The van der Waals surface area contributed by atoms with Crippen LogP contribution in [0.5, 0.6) is 0 Å². The molecule has 1 heterocycles. The SMILES string of the molecule is O=C(O)CCNCC1CCCS1(=O)=O. The van der Waals surface area contributed by atoms with Gasteiger partial charge in [0.1, 0.15) is 0 Å². The van der Waals surface area contributed by atoms with Crippen molar-refractivity contribution in [3.8, 4) is 0 Å². The molecular weight excluding hydrogens is 206 g/mol. The lowest BCUT2D eigenvalue weighted by atomic mass is 10.2. The van der Waals surface area contributed by atoms with E-state index in [-0.39, 0.29) is 17.4 Å². The van der Waals surface area contributed by atoms with E-state index in [0.717, 1.165) is 6.42 Å². The molecule has 6 heteroatoms. The zero-order valence-corrected chi connectivity index (χ0v) is 8.72. The van der Waals surface area contributed by atoms with Crippen LogP contribution in [0.4, 0.5) is 0 Å². The minimum atomic E-state index is -2.90. The zero-order chi connectivity index (χ0) is 10.6. The van der Waals surface area contributed by atoms with Crippen molar-refractivity contribution < 1.29 is 18.3 Å². The molecule has 1 rings (SSSR count). The third-order valence-electron chi connectivity index (χ3n) is 2.35. The van der Waals surface area contributed by atoms with Gasteiger partial charge in [0.15, 0.2) is 9.84 Å². The summed E-state index contributed by atoms with van der Waals surface area (Å²) in [5.74, 6) is -0.593. The number of nitrogens with one attached hydrogen (secondary N) is 1. The summed E-state index contributed by atoms with van der Waals surface area (Å²) < 4.78 is 22.7. The zero-order valence-electron chi connectivity index (χ0n) is 7.90. The van der Waals surface area contributed by atoms with E-state index in [1.165, 1.54) is 0 Å². The fourth-order valence-electron chi connectivity index (χ4n) is 1.55. The first-order valence-electron chi connectivity index (χ1n) is 4.66. The molecule has 0 aliphatic carbocycles. The van der Waals surface area contributed by atoms with Crippen molar-refractivity contribution in [3.63, 3.8) is 0 Å². The van der Waals surface area contributed by atoms with Gasteiger partial charge in [-0.05, 0) is 12.8 Å². The Bertz CT molecular complexity index is 298. The summed E-state index contributed by atoms with van der Waals surface area (Å²) in [5, 5.41) is 10.9. The Labute approximate surface area is 83.4 Å². The minimum Gasteiger partial charge on any atom is -0.481 e. The van der Waals surface area contributed by atoms with Crippen LogP contribution in [0.2, 0.25) is 0 Å². The fraction of sp³-hybridized carbons (Fsp3) is 0.875. The van der Waals surface area contributed by atoms with E-state index in [4.69, 9.17) is 5.11 Å². The lowest BCUT2D eigenvalue weighted by Crippen LogP contribution is -2.31. The Morgan fingerprint density at radius 1 is 1.50 bits per heavy atom. The van der Waals surface area contributed by atoms with E-state index in [2.05, 4.69) is 5.32 Å². The molecule has 1 aliphatic heterocycles. The van der Waals surface area contributed by atoms with Gasteiger partial charge in [0.25, 0.3) is 0 Å². The molecule has 0 saturated carbocycles. The highest BCUT2D eigenvalue weighted by molar-refractivity contribution is 7.92. The highest BCUT2D eigenvalue weighted by Crippen LogP contribution is 2.18. The highest BCUT2D eigenvalue weighted by Gasteiger charge is 2.30. The molecule has 0 spiro atoms. The largest absolute Gasteiger partial charge is 0.481 e. The van der Waals surface area contributed by atoms with Crippen LogP contribution in [-0.2, 0) is 14.6 Å². The smallest absolute Gasteiger partial charge is 0.304 e. The van der Waals surface area contributed by atoms with E-state index in [9.17, 15) is 13.2 Å². The molecule has 0 radical (unpaired) electrons. The van der Waals surface area contributed by atoms with Gasteiger partial charge < -0.3 is 10.4 Å². The molecule has 2 N–H and O–H groups in total. The molecule has 5 nitrogen and oxygen atoms in total. The normalized spacial score (nSPS) is 25.0. The molecule has 0 aromatic carbocycles. The van der Waals surface area contributed by atoms with Crippen molar-refractivity contribution in [2.24, 2.45) is 0 Å². The van der Waals surface area contributed by atoms with Gasteiger partial charge in [-0.2, -0.15) is 0 Å². The fourth-order valence-corrected chi connectivity index (χ4v) is 3.35. The van der Waals surface area contributed by atoms with Gasteiger partial charge in [-0.1, -0.05) is 0 Å². The average Bonchev–Trinajstić information content (AvgIpc) is 2.39. The summed E-state index contributed by atoms with van der Waals surface area (Å²) in [7, 11) is -2.90. The number of carboxylic acids is 1. The summed E-state index contributed by atoms with van der Waals surface area (Å²) in [5.41, 5.74) is 0. The van der Waals surface area contributed by atoms with Gasteiger partial charge >= 0.3 is 5.97 Å². The van der Waals surface area contributed by atoms with E-state index < -0.39 is 15.8 Å². The number of carboxylic acid groups (broad SMARTS) is 1. The van der Waals surface area contributed by atoms with Crippen LogP contribution >= 0.6 is 0 Å². The van der Waals surface area contributed by atoms with E-state index >= 15 is 0 Å². The van der Waals surface area contributed by atoms with E-state index in [1.54, 1.807) is 0 Å². The maximum atomic E-state index is 11.3. The quantitative estimate of drug-likeness (QED) is 0.619. The molecule has 82 valence electrons. The Morgan fingerprint density at radius 3 is 2.71 bits per heavy atom. The Balaban J connectivity index is 2.22. The minimum absolute atomic E-state index is 0.0345. The summed E-state index contributed by atoms with van der Waals surface area (Å²) in [4.78, 5) is 10.2. The molecule has 0 aromatic heterocycles. The Hall–Kier alpha value is -0.620. The van der Waals surface area contributed by atoms with Crippen molar-refractivity contribution >= 4 is 15.8 Å². The lowest BCUT2D eigenvalue weighted by Gasteiger charge is -2.09. The van der Waals surface area contributed by atoms with Crippen LogP contribution in [-0.4, -0.2) is 43.6 Å². The summed E-state index contributed by atoms with van der Waals surface area (Å²) in [6, 6.07) is 0. The Morgan fingerprint density at radius 2 is 2.21 bits per heavy atom. The number of carbonyl (C=O) groups is 1. The standard InChI is InChI=1S/C8H15NO4S/c10-8(11)3-4-9-6-7-2-1-5-14(7,12)13/h7,9H,1-6H2,(H,10,11). The van der Waals surface area contributed by atoms with Crippen LogP contribution in [0.3, 0.4) is 0 Å². The summed E-state index contributed by atoms with van der Waals surface area (Å²) in [6.45, 7) is 0.719. The van der Waals surface area contributed by atoms with Crippen LogP contribution in [0.15, 0.2) is 0 Å². The molecular formula is C8H15NO4S. The maximum absolute atomic E-state index is 11.3. The van der Waals surface area contributed by atoms with Crippen molar-refractivity contribution in [3.05, 3.63) is 0 Å². The predicted octanol–water partition coefficient (Wildman–Crippen LogP) is -0.372. The molecule has 1 aliphatic rings. The first-order valence-corrected chi connectivity index (χ1v) is 6.38. The molecule has 1 fully saturated rings. The third kappa shape index (κ3) is 3.26. The maximum Gasteiger partial charge on any atom is 0.304 e. The number of sulfone groups is 1. The van der Waals surface area contributed by atoms with Gasteiger partial charge in [0, 0.05) is 13.1 Å². The van der Waals surface area contributed by atoms with Gasteiger partial charge in [-0.15, -0.1) is 0 Å². The van der Waals surface area contributed by atoms with Crippen LogP contribution in [0.25, 0.3) is 0 Å². The predicted molar refractivity (Wildman–Crippen MR) is 51.9 cm³/mol. The number of rotatable bonds is 5. The Kier molecular flexibility index (Phi) is 3.88. The summed E-state index contributed by atoms with van der Waals surface area (Å²) >= 11 is 0. The average molecular weight is 221 g/mol. The van der Waals surface area contributed by atoms with E-state index in [1.807, 2.05) is 0 Å². The molecule has 0 bridgehead atoms. The van der Waals surface area contributed by atoms with Crippen LogP contribution in [0, 0.1) is 0 Å². The molecule has 14 heavy (non-hydrogen) atoms. The van der Waals surface area contributed by atoms with Gasteiger partial charge in [0.2, 0.25) is 0 Å². The van der Waals surface area contributed by atoms with Gasteiger partial charge in [0.05, 0.1) is 17.4 Å². The highest BCUT2D eigenvalue weighted by atomic mass is 32.2. The number of hydrogen-bond acceptors (Lipinski definition) is 4. The number of hydrogen-bond donors (Lipinski definition) is 2. The van der Waals surface area contributed by atoms with Gasteiger partial charge in [-0.25, -0.2) is 8.42 Å². The second kappa shape index (κ2) is 4.75. The van der Waals surface area contributed by atoms with Crippen LogP contribution in [0.1, 0.15) is 19.3 Å². The topological polar surface area (TPSA) is 83.5 Å². The molecule has 1 atom stereocenters. The molecule has 0 amide bonds. The first-order chi connectivity index (χ1) is 6.52. The second-order valence-corrected chi connectivity index (χ2v) is 5.88. The second-order valence-electron chi connectivity index (χ2n) is 3.48. The molecule has 0 aromatic rings. The first kappa shape index (κ1) is 11.5. The van der Waals surface area contributed by atoms with Crippen LogP contribution < -0.4 is 5.32 Å². The van der Waals surface area contributed by atoms with Crippen molar-refractivity contribution in [1.82, 2.24) is 5.32 Å².